The molecule has 1 amide bonds. The van der Waals surface area contributed by atoms with Crippen LogP contribution in [0.1, 0.15) is 18.4 Å². The molecule has 1 atom stereocenters. The molecule has 30 heavy (non-hydrogen) atoms. The van der Waals surface area contributed by atoms with Gasteiger partial charge in [0.25, 0.3) is 0 Å². The molecule has 1 fully saturated rings. The van der Waals surface area contributed by atoms with Crippen LogP contribution >= 0.6 is 0 Å². The van der Waals surface area contributed by atoms with Crippen LogP contribution in [-0.4, -0.2) is 58.0 Å². The zero-order valence-electron chi connectivity index (χ0n) is 17.1. The fraction of sp³-hybridized carbons (Fsp3) is 0.350. The zero-order valence-corrected chi connectivity index (χ0v) is 18.7. The number of aryl methyl sites for hydroxylation is 1. The van der Waals surface area contributed by atoms with E-state index in [0.717, 1.165) is 9.87 Å². The highest BCUT2D eigenvalue weighted by Crippen LogP contribution is 2.27. The summed E-state index contributed by atoms with van der Waals surface area (Å²) in [5.41, 5.74) is 1.24. The molecule has 0 aromatic heterocycles. The highest BCUT2D eigenvalue weighted by molar-refractivity contribution is 7.89. The fourth-order valence-electron chi connectivity index (χ4n) is 3.31. The molecule has 1 aliphatic heterocycles. The molecule has 8 nitrogen and oxygen atoms in total. The van der Waals surface area contributed by atoms with Crippen LogP contribution in [0.25, 0.3) is 0 Å². The Kier molecular flexibility index (Phi) is 6.32. The van der Waals surface area contributed by atoms with E-state index in [0.29, 0.717) is 18.5 Å². The number of hydrogen-bond acceptors (Lipinski definition) is 5. The molecule has 0 spiro atoms. The molecule has 1 unspecified atom stereocenters. The number of rotatable bonds is 6. The first-order chi connectivity index (χ1) is 14.0. The van der Waals surface area contributed by atoms with Crippen molar-refractivity contribution in [3.05, 3.63) is 54.1 Å². The Morgan fingerprint density at radius 3 is 2.33 bits per heavy atom. The number of carbonyl (C=O) groups excluding carboxylic acids is 1. The van der Waals surface area contributed by atoms with Crippen molar-refractivity contribution in [2.45, 2.75) is 35.6 Å². The van der Waals surface area contributed by atoms with Gasteiger partial charge in [-0.05, 0) is 50.1 Å². The maximum absolute atomic E-state index is 13.0. The SMILES string of the molecule is Cc1ccc(S(=O)(=O)N2CCCC2C(=O)Nc2cccc(S(=O)(=O)N(C)C)c2)cc1. The van der Waals surface area contributed by atoms with Crippen LogP contribution < -0.4 is 5.32 Å². The van der Waals surface area contributed by atoms with Crippen LogP contribution in [0, 0.1) is 6.92 Å². The topological polar surface area (TPSA) is 104 Å². The van der Waals surface area contributed by atoms with Crippen molar-refractivity contribution in [1.29, 1.82) is 0 Å². The zero-order chi connectivity index (χ0) is 22.1. The van der Waals surface area contributed by atoms with E-state index in [1.807, 2.05) is 6.92 Å². The minimum absolute atomic E-state index is 0.0425. The van der Waals surface area contributed by atoms with Gasteiger partial charge >= 0.3 is 0 Å². The summed E-state index contributed by atoms with van der Waals surface area (Å²) in [5.74, 6) is -0.484. The number of carbonyl (C=O) groups is 1. The van der Waals surface area contributed by atoms with E-state index < -0.39 is 32.0 Å². The van der Waals surface area contributed by atoms with Gasteiger partial charge in [0.1, 0.15) is 6.04 Å². The molecule has 1 saturated heterocycles. The molecule has 10 heteroatoms. The first kappa shape index (κ1) is 22.4. The number of hydrogen-bond donors (Lipinski definition) is 1. The second-order valence-electron chi connectivity index (χ2n) is 7.39. The van der Waals surface area contributed by atoms with Crippen LogP contribution in [0.3, 0.4) is 0 Å². The van der Waals surface area contributed by atoms with Crippen molar-refractivity contribution in [2.75, 3.05) is 26.0 Å². The third kappa shape index (κ3) is 4.41. The van der Waals surface area contributed by atoms with E-state index in [4.69, 9.17) is 0 Å². The van der Waals surface area contributed by atoms with Crippen LogP contribution in [0.5, 0.6) is 0 Å². The number of anilines is 1. The average Bonchev–Trinajstić information content (AvgIpc) is 3.19. The third-order valence-corrected chi connectivity index (χ3v) is 8.75. The van der Waals surface area contributed by atoms with E-state index in [-0.39, 0.29) is 16.3 Å². The Morgan fingerprint density at radius 2 is 1.70 bits per heavy atom. The van der Waals surface area contributed by atoms with Gasteiger partial charge in [0.2, 0.25) is 26.0 Å². The lowest BCUT2D eigenvalue weighted by atomic mass is 10.2. The molecule has 1 heterocycles. The number of nitrogens with zero attached hydrogens (tertiary/aromatic N) is 2. The molecule has 3 rings (SSSR count). The van der Waals surface area contributed by atoms with Crippen molar-refractivity contribution < 1.29 is 21.6 Å². The van der Waals surface area contributed by atoms with E-state index in [1.165, 1.54) is 48.7 Å². The molecule has 1 aliphatic rings. The average molecular weight is 452 g/mol. The largest absolute Gasteiger partial charge is 0.325 e. The van der Waals surface area contributed by atoms with Crippen LogP contribution in [0.15, 0.2) is 58.3 Å². The predicted molar refractivity (Wildman–Crippen MR) is 114 cm³/mol. The Hall–Kier alpha value is -2.27. The minimum Gasteiger partial charge on any atom is -0.325 e. The smallest absolute Gasteiger partial charge is 0.243 e. The lowest BCUT2D eigenvalue weighted by molar-refractivity contribution is -0.119. The van der Waals surface area contributed by atoms with Gasteiger partial charge in [-0.25, -0.2) is 21.1 Å². The van der Waals surface area contributed by atoms with Gasteiger partial charge in [-0.2, -0.15) is 4.31 Å². The normalized spacial score (nSPS) is 17.9. The van der Waals surface area contributed by atoms with E-state index in [2.05, 4.69) is 5.32 Å². The quantitative estimate of drug-likeness (QED) is 0.724. The molecule has 2 aromatic carbocycles. The lowest BCUT2D eigenvalue weighted by Gasteiger charge is -2.23. The molecule has 1 N–H and O–H groups in total. The Balaban J connectivity index is 1.83. The minimum atomic E-state index is -3.81. The van der Waals surface area contributed by atoms with Gasteiger partial charge in [-0.1, -0.05) is 23.8 Å². The summed E-state index contributed by atoms with van der Waals surface area (Å²) in [5, 5.41) is 2.67. The van der Waals surface area contributed by atoms with Crippen molar-refractivity contribution in [3.63, 3.8) is 0 Å². The number of benzene rings is 2. The number of nitrogens with one attached hydrogen (secondary N) is 1. The standard InChI is InChI=1S/C20H25N3O5S2/c1-15-9-11-17(12-10-15)30(27,28)23-13-5-8-19(23)20(24)21-16-6-4-7-18(14-16)29(25,26)22(2)3/h4,6-7,9-12,14,19H,5,8,13H2,1-3H3,(H,21,24). The van der Waals surface area contributed by atoms with Gasteiger partial charge < -0.3 is 5.32 Å². The van der Waals surface area contributed by atoms with Gasteiger partial charge in [-0.3, -0.25) is 4.79 Å². The van der Waals surface area contributed by atoms with E-state index in [1.54, 1.807) is 18.2 Å². The van der Waals surface area contributed by atoms with Crippen LogP contribution in [-0.2, 0) is 24.8 Å². The van der Waals surface area contributed by atoms with Crippen molar-refractivity contribution in [2.24, 2.45) is 0 Å². The molecule has 2 aromatic rings. The second-order valence-corrected chi connectivity index (χ2v) is 11.4. The molecule has 0 aliphatic carbocycles. The van der Waals surface area contributed by atoms with Gasteiger partial charge in [0.05, 0.1) is 9.79 Å². The van der Waals surface area contributed by atoms with Crippen LogP contribution in [0.4, 0.5) is 5.69 Å². The fourth-order valence-corrected chi connectivity index (χ4v) is 5.91. The molecular formula is C20H25N3O5S2. The summed E-state index contributed by atoms with van der Waals surface area (Å²) >= 11 is 0. The molecule has 0 bridgehead atoms. The van der Waals surface area contributed by atoms with E-state index >= 15 is 0 Å². The summed E-state index contributed by atoms with van der Waals surface area (Å²) < 4.78 is 53.0. The van der Waals surface area contributed by atoms with Gasteiger partial charge in [0.15, 0.2) is 0 Å². The summed E-state index contributed by atoms with van der Waals surface area (Å²) in [6, 6.07) is 11.5. The molecule has 162 valence electrons. The highest BCUT2D eigenvalue weighted by atomic mass is 32.2. The maximum atomic E-state index is 13.0. The van der Waals surface area contributed by atoms with Crippen molar-refractivity contribution in [3.8, 4) is 0 Å². The molecule has 0 saturated carbocycles. The van der Waals surface area contributed by atoms with Crippen LogP contribution in [0.2, 0.25) is 0 Å². The Bertz CT molecular complexity index is 1140. The highest BCUT2D eigenvalue weighted by Gasteiger charge is 2.39. The first-order valence-electron chi connectivity index (χ1n) is 9.45. The predicted octanol–water partition coefficient (Wildman–Crippen LogP) is 2.04. The summed E-state index contributed by atoms with van der Waals surface area (Å²) in [7, 11) is -4.62. The van der Waals surface area contributed by atoms with Gasteiger partial charge in [-0.15, -0.1) is 0 Å². The summed E-state index contributed by atoms with van der Waals surface area (Å²) in [4.78, 5) is 13.1. The first-order valence-corrected chi connectivity index (χ1v) is 12.3. The Morgan fingerprint density at radius 1 is 1.03 bits per heavy atom. The molecular weight excluding hydrogens is 426 g/mol. The third-order valence-electron chi connectivity index (χ3n) is 5.01. The van der Waals surface area contributed by atoms with Crippen molar-refractivity contribution in [1.82, 2.24) is 8.61 Å². The number of amides is 1. The van der Waals surface area contributed by atoms with Crippen molar-refractivity contribution >= 4 is 31.6 Å². The summed E-state index contributed by atoms with van der Waals surface area (Å²) in [6.07, 6.45) is 0.963. The number of sulfonamides is 2. The Labute approximate surface area is 177 Å². The molecule has 0 radical (unpaired) electrons. The lowest BCUT2D eigenvalue weighted by Crippen LogP contribution is -2.43. The monoisotopic (exact) mass is 451 g/mol. The van der Waals surface area contributed by atoms with E-state index in [9.17, 15) is 21.6 Å². The van der Waals surface area contributed by atoms with Gasteiger partial charge in [0, 0.05) is 26.3 Å². The summed E-state index contributed by atoms with van der Waals surface area (Å²) in [6.45, 7) is 2.12. The maximum Gasteiger partial charge on any atom is 0.243 e. The second kappa shape index (κ2) is 8.46.